The minimum atomic E-state index is -0.287. The molecule has 0 unspecified atom stereocenters. The topological polar surface area (TPSA) is 34.9 Å². The van der Waals surface area contributed by atoms with Gasteiger partial charge < -0.3 is 0 Å². The van der Waals surface area contributed by atoms with E-state index in [1.165, 1.54) is 16.8 Å². The third kappa shape index (κ3) is 4.07. The molecule has 0 fully saturated rings. The quantitative estimate of drug-likeness (QED) is 0.511. The van der Waals surface area contributed by atoms with E-state index in [-0.39, 0.29) is 11.4 Å². The summed E-state index contributed by atoms with van der Waals surface area (Å²) in [4.78, 5) is 13.1. The van der Waals surface area contributed by atoms with E-state index < -0.39 is 0 Å². The number of rotatable bonds is 5. The minimum Gasteiger partial charge on any atom is -0.267 e. The molecule has 0 atom stereocenters. The smallest absolute Gasteiger partial charge is 0.267 e. The lowest BCUT2D eigenvalue weighted by Crippen LogP contribution is -2.27. The van der Waals surface area contributed by atoms with E-state index in [9.17, 15) is 9.18 Å². The number of nitrogens with zero attached hydrogens (tertiary/aromatic N) is 2. The summed E-state index contributed by atoms with van der Waals surface area (Å²) in [6.07, 6.45) is 0.427. The molecule has 0 N–H and O–H groups in total. The molecule has 4 rings (SSSR count). The molecule has 1 heterocycles. The van der Waals surface area contributed by atoms with Crippen LogP contribution in [0.1, 0.15) is 16.7 Å². The third-order valence-electron chi connectivity index (χ3n) is 4.60. The maximum atomic E-state index is 13.2. The highest BCUT2D eigenvalue weighted by molar-refractivity contribution is 5.59. The summed E-state index contributed by atoms with van der Waals surface area (Å²) in [7, 11) is 0. The van der Waals surface area contributed by atoms with Gasteiger partial charge in [-0.1, -0.05) is 72.8 Å². The van der Waals surface area contributed by atoms with Crippen LogP contribution in [-0.2, 0) is 13.0 Å². The molecule has 0 aliphatic heterocycles. The summed E-state index contributed by atoms with van der Waals surface area (Å²) in [6.45, 7) is 0.400. The Kier molecular flexibility index (Phi) is 5.11. The van der Waals surface area contributed by atoms with Gasteiger partial charge in [-0.2, -0.15) is 5.10 Å². The fourth-order valence-corrected chi connectivity index (χ4v) is 3.16. The second-order valence-corrected chi connectivity index (χ2v) is 6.67. The minimum absolute atomic E-state index is 0.132. The molecule has 0 bridgehead atoms. The standard InChI is InChI=1S/C24H19FN2O/c25-22-13-11-18(12-14-22)15-21-16-23(20-9-5-2-6-10-20)26-27(24(21)28)17-19-7-3-1-4-8-19/h1-14,16H,15,17H2. The molecule has 28 heavy (non-hydrogen) atoms. The Balaban J connectivity index is 1.78. The van der Waals surface area contributed by atoms with Gasteiger partial charge in [-0.25, -0.2) is 9.07 Å². The zero-order valence-electron chi connectivity index (χ0n) is 15.3. The van der Waals surface area contributed by atoms with Gasteiger partial charge in [0.25, 0.3) is 5.56 Å². The van der Waals surface area contributed by atoms with E-state index in [1.807, 2.05) is 66.7 Å². The molecule has 0 amide bonds. The van der Waals surface area contributed by atoms with E-state index in [4.69, 9.17) is 0 Å². The molecule has 0 aliphatic carbocycles. The first-order valence-corrected chi connectivity index (χ1v) is 9.14. The van der Waals surface area contributed by atoms with Crippen molar-refractivity contribution in [1.82, 2.24) is 9.78 Å². The van der Waals surface area contributed by atoms with Gasteiger partial charge in [-0.05, 0) is 29.3 Å². The Bertz CT molecular complexity index is 1120. The first kappa shape index (κ1) is 17.9. The van der Waals surface area contributed by atoms with Gasteiger partial charge in [0.05, 0.1) is 12.2 Å². The summed E-state index contributed by atoms with van der Waals surface area (Å²) < 4.78 is 14.7. The molecule has 138 valence electrons. The molecule has 0 spiro atoms. The predicted molar refractivity (Wildman–Crippen MR) is 109 cm³/mol. The van der Waals surface area contributed by atoms with Crippen LogP contribution < -0.4 is 5.56 Å². The van der Waals surface area contributed by atoms with Crippen molar-refractivity contribution in [2.75, 3.05) is 0 Å². The predicted octanol–water partition coefficient (Wildman–Crippen LogP) is 4.69. The monoisotopic (exact) mass is 370 g/mol. The van der Waals surface area contributed by atoms with Crippen LogP contribution in [-0.4, -0.2) is 9.78 Å². The Morgan fingerprint density at radius 3 is 2.11 bits per heavy atom. The maximum Gasteiger partial charge on any atom is 0.270 e. The van der Waals surface area contributed by atoms with Gasteiger partial charge in [0.15, 0.2) is 0 Å². The lowest BCUT2D eigenvalue weighted by molar-refractivity contribution is 0.626. The van der Waals surface area contributed by atoms with Crippen LogP contribution in [0, 0.1) is 5.82 Å². The SMILES string of the molecule is O=c1c(Cc2ccc(F)cc2)cc(-c2ccccc2)nn1Cc1ccccc1. The average molecular weight is 370 g/mol. The van der Waals surface area contributed by atoms with Crippen LogP contribution in [0.2, 0.25) is 0 Å². The Morgan fingerprint density at radius 2 is 1.43 bits per heavy atom. The van der Waals surface area contributed by atoms with E-state index in [0.29, 0.717) is 18.5 Å². The lowest BCUT2D eigenvalue weighted by atomic mass is 10.0. The van der Waals surface area contributed by atoms with Crippen molar-refractivity contribution in [2.45, 2.75) is 13.0 Å². The van der Waals surface area contributed by atoms with Gasteiger partial charge in [0.2, 0.25) is 0 Å². The summed E-state index contributed by atoms with van der Waals surface area (Å²) in [5.41, 5.74) is 4.09. The highest BCUT2D eigenvalue weighted by Gasteiger charge is 2.11. The normalized spacial score (nSPS) is 10.8. The second-order valence-electron chi connectivity index (χ2n) is 6.67. The number of aromatic nitrogens is 2. The van der Waals surface area contributed by atoms with E-state index in [2.05, 4.69) is 5.10 Å². The molecule has 3 nitrogen and oxygen atoms in total. The van der Waals surface area contributed by atoms with Gasteiger partial charge in [-0.3, -0.25) is 4.79 Å². The van der Waals surface area contributed by atoms with Crippen molar-refractivity contribution in [2.24, 2.45) is 0 Å². The molecular weight excluding hydrogens is 351 g/mol. The fraction of sp³-hybridized carbons (Fsp3) is 0.0833. The maximum absolute atomic E-state index is 13.2. The van der Waals surface area contributed by atoms with Crippen molar-refractivity contribution < 1.29 is 4.39 Å². The summed E-state index contributed by atoms with van der Waals surface area (Å²) >= 11 is 0. The first-order valence-electron chi connectivity index (χ1n) is 9.14. The van der Waals surface area contributed by atoms with Crippen molar-refractivity contribution in [1.29, 1.82) is 0 Å². The van der Waals surface area contributed by atoms with E-state index in [1.54, 1.807) is 12.1 Å². The molecule has 0 radical (unpaired) electrons. The molecule has 0 saturated heterocycles. The highest BCUT2D eigenvalue weighted by atomic mass is 19.1. The number of halogens is 1. The van der Waals surface area contributed by atoms with Gasteiger partial charge in [0.1, 0.15) is 5.82 Å². The van der Waals surface area contributed by atoms with Crippen LogP contribution >= 0.6 is 0 Å². The van der Waals surface area contributed by atoms with Crippen LogP contribution in [0.15, 0.2) is 95.8 Å². The van der Waals surface area contributed by atoms with Crippen LogP contribution in [0.25, 0.3) is 11.3 Å². The third-order valence-corrected chi connectivity index (χ3v) is 4.60. The largest absolute Gasteiger partial charge is 0.270 e. The van der Waals surface area contributed by atoms with Crippen molar-refractivity contribution >= 4 is 0 Å². The number of hydrogen-bond acceptors (Lipinski definition) is 2. The number of hydrogen-bond donors (Lipinski definition) is 0. The van der Waals surface area contributed by atoms with Crippen LogP contribution in [0.3, 0.4) is 0 Å². The fourth-order valence-electron chi connectivity index (χ4n) is 3.16. The average Bonchev–Trinajstić information content (AvgIpc) is 2.74. The van der Waals surface area contributed by atoms with Gasteiger partial charge in [-0.15, -0.1) is 0 Å². The van der Waals surface area contributed by atoms with Crippen molar-refractivity contribution in [3.63, 3.8) is 0 Å². The zero-order chi connectivity index (χ0) is 19.3. The van der Waals surface area contributed by atoms with Gasteiger partial charge in [0, 0.05) is 17.5 Å². The highest BCUT2D eigenvalue weighted by Crippen LogP contribution is 2.18. The van der Waals surface area contributed by atoms with Gasteiger partial charge >= 0.3 is 0 Å². The Hall–Kier alpha value is -3.53. The first-order chi connectivity index (χ1) is 13.7. The molecular formula is C24H19FN2O. The summed E-state index contributed by atoms with van der Waals surface area (Å²) in [6, 6.07) is 27.7. The molecule has 3 aromatic carbocycles. The Morgan fingerprint density at radius 1 is 0.786 bits per heavy atom. The van der Waals surface area contributed by atoms with Crippen LogP contribution in [0.4, 0.5) is 4.39 Å². The zero-order valence-corrected chi connectivity index (χ0v) is 15.3. The van der Waals surface area contributed by atoms with Crippen molar-refractivity contribution in [3.05, 3.63) is 124 Å². The summed E-state index contributed by atoms with van der Waals surface area (Å²) in [5, 5.41) is 4.60. The molecule has 0 saturated carbocycles. The molecule has 0 aliphatic rings. The summed E-state index contributed by atoms with van der Waals surface area (Å²) in [5.74, 6) is -0.287. The lowest BCUT2D eigenvalue weighted by Gasteiger charge is -2.11. The van der Waals surface area contributed by atoms with E-state index >= 15 is 0 Å². The molecule has 1 aromatic heterocycles. The second kappa shape index (κ2) is 8.01. The van der Waals surface area contributed by atoms with Crippen LogP contribution in [0.5, 0.6) is 0 Å². The van der Waals surface area contributed by atoms with Crippen molar-refractivity contribution in [3.8, 4) is 11.3 Å². The molecule has 4 heteroatoms. The number of benzene rings is 3. The Labute approximate surface area is 162 Å². The van der Waals surface area contributed by atoms with E-state index in [0.717, 1.165) is 22.4 Å². The molecule has 4 aromatic rings.